The number of anilines is 1. The lowest BCUT2D eigenvalue weighted by Crippen LogP contribution is -2.45. The number of rotatable bonds is 4. The highest BCUT2D eigenvalue weighted by atomic mass is 15.3. The molecule has 1 aromatic rings. The molecule has 1 aliphatic rings. The van der Waals surface area contributed by atoms with Gasteiger partial charge in [0.05, 0.1) is 0 Å². The molecule has 0 aliphatic carbocycles. The maximum atomic E-state index is 3.99. The van der Waals surface area contributed by atoms with Crippen LogP contribution < -0.4 is 5.32 Å². The summed E-state index contributed by atoms with van der Waals surface area (Å²) >= 11 is 0. The van der Waals surface area contributed by atoms with Crippen LogP contribution >= 0.6 is 0 Å². The highest BCUT2D eigenvalue weighted by Gasteiger charge is 2.12. The molecule has 0 radical (unpaired) electrons. The highest BCUT2D eigenvalue weighted by Crippen LogP contribution is 2.00. The summed E-state index contributed by atoms with van der Waals surface area (Å²) in [5.74, 6) is 0.858. The van der Waals surface area contributed by atoms with Crippen LogP contribution in [0.5, 0.6) is 0 Å². The van der Waals surface area contributed by atoms with Crippen LogP contribution in [-0.4, -0.2) is 66.3 Å². The van der Waals surface area contributed by atoms with Crippen LogP contribution in [0.3, 0.4) is 0 Å². The quantitative estimate of drug-likeness (QED) is 0.783. The Morgan fingerprint density at radius 1 is 1.31 bits per heavy atom. The van der Waals surface area contributed by atoms with Gasteiger partial charge < -0.3 is 10.2 Å². The SMILES string of the molecule is CN1CCN(CCNc2cccnn2)CC1. The van der Waals surface area contributed by atoms with Crippen molar-refractivity contribution in [3.63, 3.8) is 0 Å². The van der Waals surface area contributed by atoms with Gasteiger partial charge in [-0.05, 0) is 19.2 Å². The topological polar surface area (TPSA) is 44.3 Å². The molecular formula is C11H19N5. The number of piperazine rings is 1. The number of aromatic nitrogens is 2. The van der Waals surface area contributed by atoms with E-state index >= 15 is 0 Å². The first-order valence-corrected chi connectivity index (χ1v) is 5.77. The van der Waals surface area contributed by atoms with E-state index in [1.54, 1.807) is 6.20 Å². The minimum Gasteiger partial charge on any atom is -0.367 e. The van der Waals surface area contributed by atoms with E-state index in [-0.39, 0.29) is 0 Å². The van der Waals surface area contributed by atoms with Crippen molar-refractivity contribution in [2.45, 2.75) is 0 Å². The smallest absolute Gasteiger partial charge is 0.148 e. The van der Waals surface area contributed by atoms with Crippen molar-refractivity contribution in [3.05, 3.63) is 18.3 Å². The average Bonchev–Trinajstić information content (AvgIpc) is 2.33. The van der Waals surface area contributed by atoms with Crippen LogP contribution in [0, 0.1) is 0 Å². The van der Waals surface area contributed by atoms with Crippen molar-refractivity contribution in [2.24, 2.45) is 0 Å². The number of hydrogen-bond acceptors (Lipinski definition) is 5. The molecule has 1 saturated heterocycles. The second kappa shape index (κ2) is 5.77. The molecule has 2 heterocycles. The molecule has 1 aromatic heterocycles. The van der Waals surface area contributed by atoms with Crippen molar-refractivity contribution in [1.82, 2.24) is 20.0 Å². The van der Waals surface area contributed by atoms with Gasteiger partial charge in [0.15, 0.2) is 0 Å². The number of nitrogens with zero attached hydrogens (tertiary/aromatic N) is 4. The van der Waals surface area contributed by atoms with Gasteiger partial charge in [0, 0.05) is 45.5 Å². The van der Waals surface area contributed by atoms with Gasteiger partial charge in [-0.15, -0.1) is 5.10 Å². The Balaban J connectivity index is 1.65. The fourth-order valence-electron chi connectivity index (χ4n) is 1.81. The Morgan fingerprint density at radius 3 is 2.81 bits per heavy atom. The molecule has 1 aliphatic heterocycles. The molecule has 0 aromatic carbocycles. The van der Waals surface area contributed by atoms with E-state index in [9.17, 15) is 0 Å². The third kappa shape index (κ3) is 3.43. The second-order valence-corrected chi connectivity index (χ2v) is 4.18. The number of nitrogens with one attached hydrogen (secondary N) is 1. The van der Waals surface area contributed by atoms with Crippen molar-refractivity contribution >= 4 is 5.82 Å². The summed E-state index contributed by atoms with van der Waals surface area (Å²) in [6, 6.07) is 3.84. The summed E-state index contributed by atoms with van der Waals surface area (Å²) in [4.78, 5) is 4.84. The van der Waals surface area contributed by atoms with Crippen LogP contribution in [0.25, 0.3) is 0 Å². The zero-order valence-corrected chi connectivity index (χ0v) is 9.76. The molecule has 88 valence electrons. The number of likely N-dealkylation sites (N-methyl/N-ethyl adjacent to an activating group) is 1. The summed E-state index contributed by atoms with van der Waals surface area (Å²) in [6.45, 7) is 6.68. The van der Waals surface area contributed by atoms with Gasteiger partial charge in [0.1, 0.15) is 5.82 Å². The summed E-state index contributed by atoms with van der Waals surface area (Å²) in [7, 11) is 2.18. The van der Waals surface area contributed by atoms with E-state index in [0.717, 1.165) is 18.9 Å². The van der Waals surface area contributed by atoms with E-state index in [0.29, 0.717) is 0 Å². The van der Waals surface area contributed by atoms with Crippen molar-refractivity contribution in [2.75, 3.05) is 51.6 Å². The molecule has 5 heteroatoms. The zero-order valence-electron chi connectivity index (χ0n) is 9.76. The Bertz CT molecular complexity index is 295. The second-order valence-electron chi connectivity index (χ2n) is 4.18. The van der Waals surface area contributed by atoms with E-state index in [4.69, 9.17) is 0 Å². The highest BCUT2D eigenvalue weighted by molar-refractivity contribution is 5.31. The molecule has 1 fully saturated rings. The first-order valence-electron chi connectivity index (χ1n) is 5.77. The van der Waals surface area contributed by atoms with Gasteiger partial charge in [0.2, 0.25) is 0 Å². The lowest BCUT2D eigenvalue weighted by Gasteiger charge is -2.32. The van der Waals surface area contributed by atoms with Gasteiger partial charge in [-0.2, -0.15) is 5.10 Å². The van der Waals surface area contributed by atoms with E-state index < -0.39 is 0 Å². The van der Waals surface area contributed by atoms with E-state index in [1.807, 2.05) is 12.1 Å². The normalized spacial score (nSPS) is 18.6. The molecule has 0 atom stereocenters. The van der Waals surface area contributed by atoms with Gasteiger partial charge in [-0.3, -0.25) is 4.90 Å². The molecule has 0 unspecified atom stereocenters. The van der Waals surface area contributed by atoms with Crippen LogP contribution in [0.1, 0.15) is 0 Å². The maximum Gasteiger partial charge on any atom is 0.148 e. The third-order valence-corrected chi connectivity index (χ3v) is 2.90. The Kier molecular flexibility index (Phi) is 4.07. The van der Waals surface area contributed by atoms with Crippen LogP contribution in [0.2, 0.25) is 0 Å². The van der Waals surface area contributed by atoms with E-state index in [2.05, 4.69) is 32.4 Å². The fraction of sp³-hybridized carbons (Fsp3) is 0.636. The molecule has 0 spiro atoms. The van der Waals surface area contributed by atoms with E-state index in [1.165, 1.54) is 26.2 Å². The lowest BCUT2D eigenvalue weighted by molar-refractivity contribution is 0.158. The summed E-state index contributed by atoms with van der Waals surface area (Å²) in [6.07, 6.45) is 1.69. The average molecular weight is 221 g/mol. The molecule has 0 amide bonds. The minimum absolute atomic E-state index is 0.858. The van der Waals surface area contributed by atoms with Crippen LogP contribution in [0.4, 0.5) is 5.82 Å². The standard InChI is InChI=1S/C11H19N5/c1-15-7-9-16(10-8-15)6-5-12-11-3-2-4-13-14-11/h2-4H,5-10H2,1H3,(H,12,14). The molecular weight excluding hydrogens is 202 g/mol. The molecule has 16 heavy (non-hydrogen) atoms. The largest absolute Gasteiger partial charge is 0.367 e. The molecule has 1 N–H and O–H groups in total. The van der Waals surface area contributed by atoms with Gasteiger partial charge >= 0.3 is 0 Å². The molecule has 0 saturated carbocycles. The molecule has 0 bridgehead atoms. The Morgan fingerprint density at radius 2 is 2.12 bits per heavy atom. The van der Waals surface area contributed by atoms with Crippen molar-refractivity contribution < 1.29 is 0 Å². The van der Waals surface area contributed by atoms with Gasteiger partial charge in [-0.25, -0.2) is 0 Å². The fourth-order valence-corrected chi connectivity index (χ4v) is 1.81. The van der Waals surface area contributed by atoms with Crippen LogP contribution in [-0.2, 0) is 0 Å². The minimum atomic E-state index is 0.858. The monoisotopic (exact) mass is 221 g/mol. The molecule has 5 nitrogen and oxygen atoms in total. The molecule has 2 rings (SSSR count). The Labute approximate surface area is 96.5 Å². The summed E-state index contributed by atoms with van der Waals surface area (Å²) in [5.41, 5.74) is 0. The van der Waals surface area contributed by atoms with Crippen LogP contribution in [0.15, 0.2) is 18.3 Å². The maximum absolute atomic E-state index is 3.99. The van der Waals surface area contributed by atoms with Crippen molar-refractivity contribution in [3.8, 4) is 0 Å². The van der Waals surface area contributed by atoms with Crippen molar-refractivity contribution in [1.29, 1.82) is 0 Å². The van der Waals surface area contributed by atoms with Gasteiger partial charge in [-0.1, -0.05) is 0 Å². The Hall–Kier alpha value is -1.20. The zero-order chi connectivity index (χ0) is 11.2. The number of hydrogen-bond donors (Lipinski definition) is 1. The first-order chi connectivity index (χ1) is 7.84. The van der Waals surface area contributed by atoms with Gasteiger partial charge in [0.25, 0.3) is 0 Å². The third-order valence-electron chi connectivity index (χ3n) is 2.90. The first kappa shape index (κ1) is 11.3. The predicted octanol–water partition coefficient (Wildman–Crippen LogP) is 0.136. The predicted molar refractivity (Wildman–Crippen MR) is 64.5 cm³/mol. The lowest BCUT2D eigenvalue weighted by atomic mass is 10.3. The summed E-state index contributed by atoms with van der Waals surface area (Å²) in [5, 5.41) is 11.1. The summed E-state index contributed by atoms with van der Waals surface area (Å²) < 4.78 is 0.